The summed E-state index contributed by atoms with van der Waals surface area (Å²) in [6, 6.07) is 4.80. The van der Waals surface area contributed by atoms with Crippen LogP contribution in [0.3, 0.4) is 0 Å². The fourth-order valence-corrected chi connectivity index (χ4v) is 3.11. The second kappa shape index (κ2) is 9.90. The Morgan fingerprint density at radius 2 is 1.96 bits per heavy atom. The Morgan fingerprint density at radius 3 is 2.57 bits per heavy atom. The molecule has 0 aliphatic carbocycles. The molecule has 0 saturated carbocycles. The Kier molecular flexibility index (Phi) is 7.59. The predicted molar refractivity (Wildman–Crippen MR) is 107 cm³/mol. The number of rotatable bonds is 8. The number of benzene rings is 1. The van der Waals surface area contributed by atoms with Crippen LogP contribution in [0.5, 0.6) is 11.5 Å². The number of hydrogen-bond donors (Lipinski definition) is 2. The molecule has 2 N–H and O–H groups in total. The van der Waals surface area contributed by atoms with Gasteiger partial charge >= 0.3 is 11.9 Å². The number of carboxylic acids is 1. The van der Waals surface area contributed by atoms with Crippen LogP contribution in [0.4, 0.5) is 0 Å². The third-order valence-electron chi connectivity index (χ3n) is 3.39. The summed E-state index contributed by atoms with van der Waals surface area (Å²) in [4.78, 5) is 34.3. The zero-order chi connectivity index (χ0) is 20.7. The average Bonchev–Trinajstić information content (AvgIpc) is 3.01. The Morgan fingerprint density at radius 1 is 1.25 bits per heavy atom. The van der Waals surface area contributed by atoms with Crippen LogP contribution in [0.2, 0.25) is 0 Å². The highest BCUT2D eigenvalue weighted by Gasteiger charge is 2.23. The lowest BCUT2D eigenvalue weighted by Gasteiger charge is -2.12. The number of hydrogen-bond acceptors (Lipinski definition) is 8. The van der Waals surface area contributed by atoms with E-state index in [1.807, 2.05) is 0 Å². The minimum Gasteiger partial charge on any atom is -0.479 e. The quantitative estimate of drug-likeness (QED) is 0.369. The van der Waals surface area contributed by atoms with Crippen LogP contribution in [-0.2, 0) is 19.1 Å². The maximum Gasteiger partial charge on any atom is 0.343 e. The maximum absolute atomic E-state index is 11.8. The van der Waals surface area contributed by atoms with Crippen molar-refractivity contribution in [2.75, 3.05) is 20.3 Å². The first-order chi connectivity index (χ1) is 13.3. The van der Waals surface area contributed by atoms with Gasteiger partial charge in [-0.15, -0.1) is 0 Å². The largest absolute Gasteiger partial charge is 0.479 e. The van der Waals surface area contributed by atoms with Crippen LogP contribution in [0.1, 0.15) is 12.5 Å². The van der Waals surface area contributed by atoms with E-state index in [4.69, 9.17) is 26.8 Å². The molecule has 0 aromatic heterocycles. The van der Waals surface area contributed by atoms with Gasteiger partial charge in [0, 0.05) is 0 Å². The number of esters is 1. The van der Waals surface area contributed by atoms with E-state index < -0.39 is 18.5 Å². The molecule has 1 saturated heterocycles. The topological polar surface area (TPSA) is 111 Å². The van der Waals surface area contributed by atoms with Crippen molar-refractivity contribution in [1.82, 2.24) is 5.32 Å². The van der Waals surface area contributed by atoms with Crippen molar-refractivity contribution < 1.29 is 33.7 Å². The monoisotopic (exact) mass is 423 g/mol. The summed E-state index contributed by atoms with van der Waals surface area (Å²) < 4.78 is 15.5. The van der Waals surface area contributed by atoms with Crippen LogP contribution in [-0.4, -0.2) is 47.6 Å². The van der Waals surface area contributed by atoms with Crippen LogP contribution in [0.25, 0.3) is 6.08 Å². The smallest absolute Gasteiger partial charge is 0.343 e. The molecule has 2 rings (SSSR count). The van der Waals surface area contributed by atoms with Gasteiger partial charge in [0.05, 0.1) is 12.0 Å². The molecule has 10 heteroatoms. The van der Waals surface area contributed by atoms with Crippen molar-refractivity contribution in [3.8, 4) is 11.5 Å². The number of carbonyl (C=O) groups excluding carboxylic acids is 2. The van der Waals surface area contributed by atoms with Crippen molar-refractivity contribution >= 4 is 52.2 Å². The average molecular weight is 423 g/mol. The molecule has 1 amide bonds. The Balaban J connectivity index is 2.23. The molecule has 0 atom stereocenters. The molecule has 148 valence electrons. The lowest BCUT2D eigenvalue weighted by Crippen LogP contribution is -2.18. The molecule has 1 aromatic carbocycles. The lowest BCUT2D eigenvalue weighted by atomic mass is 10.1. The van der Waals surface area contributed by atoms with Crippen molar-refractivity contribution in [3.05, 3.63) is 40.3 Å². The first-order valence-corrected chi connectivity index (χ1v) is 9.13. The number of thioether (sulfide) groups is 1. The normalized spacial score (nSPS) is 15.4. The lowest BCUT2D eigenvalue weighted by molar-refractivity contribution is -0.143. The zero-order valence-electron chi connectivity index (χ0n) is 15.0. The number of ether oxygens (including phenoxy) is 3. The van der Waals surface area contributed by atoms with Gasteiger partial charge in [-0.25, -0.2) is 9.59 Å². The van der Waals surface area contributed by atoms with Crippen molar-refractivity contribution in [2.45, 2.75) is 6.92 Å². The summed E-state index contributed by atoms with van der Waals surface area (Å²) in [7, 11) is 1.23. The maximum atomic E-state index is 11.8. The predicted octanol–water partition coefficient (Wildman–Crippen LogP) is 2.14. The van der Waals surface area contributed by atoms with Crippen LogP contribution in [0, 0.1) is 0 Å². The summed E-state index contributed by atoms with van der Waals surface area (Å²) in [5.74, 6) is -1.61. The minimum absolute atomic E-state index is 0.176. The SMILES string of the molecule is COC(=O)COc1cc(/C=C/C(C)=C2/SC(=S)NC2=O)ccc1OCC(=O)O. The van der Waals surface area contributed by atoms with Gasteiger partial charge in [-0.1, -0.05) is 42.2 Å². The molecular formula is C18H17NO7S2. The highest BCUT2D eigenvalue weighted by molar-refractivity contribution is 8.26. The number of carboxylic acid groups (broad SMARTS) is 1. The molecule has 0 bridgehead atoms. The van der Waals surface area contributed by atoms with E-state index in [9.17, 15) is 14.4 Å². The van der Waals surface area contributed by atoms with Gasteiger partial charge < -0.3 is 24.6 Å². The molecule has 0 radical (unpaired) electrons. The van der Waals surface area contributed by atoms with Crippen molar-refractivity contribution in [2.24, 2.45) is 0 Å². The number of thiocarbonyl (C=S) groups is 1. The van der Waals surface area contributed by atoms with Crippen LogP contribution in [0.15, 0.2) is 34.8 Å². The molecule has 1 aliphatic rings. The first kappa shape index (κ1) is 21.5. The standard InChI is InChI=1S/C18H17NO7S2/c1-10(16-17(23)19-18(27)28-16)3-4-11-5-6-12(25-8-14(20)21)13(7-11)26-9-15(22)24-2/h3-7H,8-9H2,1-2H3,(H,20,21)(H,19,23,27)/b4-3+,16-10+. The van der Waals surface area contributed by atoms with Gasteiger partial charge in [0.25, 0.3) is 5.91 Å². The second-order valence-corrected chi connectivity index (χ2v) is 7.13. The van der Waals surface area contributed by atoms with Gasteiger partial charge in [0.15, 0.2) is 24.7 Å². The van der Waals surface area contributed by atoms with E-state index in [0.717, 1.165) is 5.57 Å². The van der Waals surface area contributed by atoms with Crippen molar-refractivity contribution in [1.29, 1.82) is 0 Å². The molecule has 1 heterocycles. The van der Waals surface area contributed by atoms with E-state index >= 15 is 0 Å². The summed E-state index contributed by atoms with van der Waals surface area (Å²) in [5.41, 5.74) is 1.42. The summed E-state index contributed by atoms with van der Waals surface area (Å²) in [6.45, 7) is 0.872. The fraction of sp³-hybridized carbons (Fsp3) is 0.222. The van der Waals surface area contributed by atoms with E-state index in [-0.39, 0.29) is 24.0 Å². The summed E-state index contributed by atoms with van der Waals surface area (Å²) >= 11 is 6.16. The van der Waals surface area contributed by atoms with Crippen LogP contribution >= 0.6 is 24.0 Å². The highest BCUT2D eigenvalue weighted by Crippen LogP contribution is 2.30. The molecule has 0 unspecified atom stereocenters. The van der Waals surface area contributed by atoms with Gasteiger partial charge in [-0.05, 0) is 30.2 Å². The van der Waals surface area contributed by atoms with E-state index in [1.165, 1.54) is 24.9 Å². The number of allylic oxidation sites excluding steroid dienone is 2. The number of carbonyl (C=O) groups is 3. The third-order valence-corrected chi connectivity index (χ3v) is 4.74. The Labute approximate surface area is 170 Å². The summed E-state index contributed by atoms with van der Waals surface area (Å²) in [6.07, 6.45) is 3.48. The van der Waals surface area contributed by atoms with Gasteiger partial charge in [0.1, 0.15) is 4.32 Å². The first-order valence-electron chi connectivity index (χ1n) is 7.90. The minimum atomic E-state index is -1.14. The van der Waals surface area contributed by atoms with Crippen LogP contribution < -0.4 is 14.8 Å². The number of amides is 1. The van der Waals surface area contributed by atoms with E-state index in [0.29, 0.717) is 14.8 Å². The van der Waals surface area contributed by atoms with Gasteiger partial charge in [-0.2, -0.15) is 0 Å². The number of nitrogens with one attached hydrogen (secondary N) is 1. The molecule has 28 heavy (non-hydrogen) atoms. The Bertz CT molecular complexity index is 877. The number of aliphatic carboxylic acids is 1. The summed E-state index contributed by atoms with van der Waals surface area (Å²) in [5, 5.41) is 11.3. The molecule has 8 nitrogen and oxygen atoms in total. The fourth-order valence-electron chi connectivity index (χ4n) is 2.07. The van der Waals surface area contributed by atoms with Gasteiger partial charge in [0.2, 0.25) is 0 Å². The van der Waals surface area contributed by atoms with Gasteiger partial charge in [-0.3, -0.25) is 4.79 Å². The molecule has 1 aliphatic heterocycles. The zero-order valence-corrected chi connectivity index (χ0v) is 16.6. The van der Waals surface area contributed by atoms with E-state index in [1.54, 1.807) is 31.2 Å². The Hall–Kier alpha value is -2.85. The van der Waals surface area contributed by atoms with E-state index in [2.05, 4.69) is 10.1 Å². The molecule has 1 aromatic rings. The second-order valence-electron chi connectivity index (χ2n) is 5.44. The molecular weight excluding hydrogens is 406 g/mol. The molecule has 0 spiro atoms. The van der Waals surface area contributed by atoms with Crippen molar-refractivity contribution in [3.63, 3.8) is 0 Å². The highest BCUT2D eigenvalue weighted by atomic mass is 32.2. The molecule has 1 fully saturated rings. The number of methoxy groups -OCH3 is 1. The third kappa shape index (κ3) is 6.10.